The lowest BCUT2D eigenvalue weighted by molar-refractivity contribution is -0.142. The lowest BCUT2D eigenvalue weighted by Crippen LogP contribution is -2.23. The zero-order valence-electron chi connectivity index (χ0n) is 11.7. The summed E-state index contributed by atoms with van der Waals surface area (Å²) in [5, 5.41) is 0. The van der Waals surface area contributed by atoms with Crippen molar-refractivity contribution in [1.29, 1.82) is 0 Å². The minimum atomic E-state index is -0.0900. The van der Waals surface area contributed by atoms with Crippen LogP contribution in [0.2, 0.25) is 0 Å². The van der Waals surface area contributed by atoms with E-state index in [1.165, 1.54) is 32.1 Å². The van der Waals surface area contributed by atoms with Crippen LogP contribution in [-0.2, 0) is 18.8 Å². The molecule has 0 amide bonds. The van der Waals surface area contributed by atoms with Crippen LogP contribution in [0.1, 0.15) is 38.5 Å². The van der Waals surface area contributed by atoms with E-state index in [-0.39, 0.29) is 30.2 Å². The predicted molar refractivity (Wildman–Crippen MR) is 78.0 cm³/mol. The molecule has 112 valence electrons. The van der Waals surface area contributed by atoms with E-state index in [4.69, 9.17) is 14.0 Å². The predicted octanol–water partition coefficient (Wildman–Crippen LogP) is 2.63. The van der Waals surface area contributed by atoms with Crippen LogP contribution in [0.15, 0.2) is 12.2 Å². The Kier molecular flexibility index (Phi) is 4.75. The quantitative estimate of drug-likeness (QED) is 0.455. The molecular formula is C15H23O4P. The molecule has 1 aliphatic carbocycles. The summed E-state index contributed by atoms with van der Waals surface area (Å²) in [5.41, 5.74) is 0. The third kappa shape index (κ3) is 3.08. The largest absolute Gasteiger partial charge is 0.459 e. The molecule has 5 heteroatoms. The van der Waals surface area contributed by atoms with Crippen LogP contribution in [0, 0.1) is 11.8 Å². The van der Waals surface area contributed by atoms with Crippen molar-refractivity contribution in [3.63, 3.8) is 0 Å². The Labute approximate surface area is 122 Å². The van der Waals surface area contributed by atoms with Crippen LogP contribution in [0.25, 0.3) is 0 Å². The fourth-order valence-corrected chi connectivity index (χ4v) is 3.95. The van der Waals surface area contributed by atoms with Crippen LogP contribution < -0.4 is 0 Å². The van der Waals surface area contributed by atoms with Crippen molar-refractivity contribution in [1.82, 2.24) is 0 Å². The lowest BCUT2D eigenvalue weighted by atomic mass is 9.85. The molecule has 0 aromatic heterocycles. The fourth-order valence-electron chi connectivity index (χ4n) is 3.64. The van der Waals surface area contributed by atoms with Gasteiger partial charge in [-0.05, 0) is 18.8 Å². The van der Waals surface area contributed by atoms with E-state index in [9.17, 15) is 4.79 Å². The van der Waals surface area contributed by atoms with E-state index < -0.39 is 0 Å². The number of carbonyl (C=O) groups excluding carboxylic acids is 1. The van der Waals surface area contributed by atoms with Gasteiger partial charge in [-0.1, -0.05) is 31.4 Å². The zero-order valence-corrected chi connectivity index (χ0v) is 12.9. The van der Waals surface area contributed by atoms with Crippen molar-refractivity contribution < 1.29 is 18.8 Å². The molecule has 4 nitrogen and oxygen atoms in total. The first-order chi connectivity index (χ1) is 9.78. The first-order valence-corrected chi connectivity index (χ1v) is 8.10. The average Bonchev–Trinajstić information content (AvgIpc) is 3.00. The van der Waals surface area contributed by atoms with Crippen molar-refractivity contribution in [2.24, 2.45) is 11.8 Å². The Morgan fingerprint density at radius 1 is 1.30 bits per heavy atom. The molecule has 3 rings (SSSR count). The van der Waals surface area contributed by atoms with Crippen LogP contribution in [0.5, 0.6) is 0 Å². The van der Waals surface area contributed by atoms with E-state index in [1.807, 2.05) is 0 Å². The van der Waals surface area contributed by atoms with Crippen LogP contribution in [0.3, 0.4) is 0 Å². The summed E-state index contributed by atoms with van der Waals surface area (Å²) in [6.07, 6.45) is 11.2. The Morgan fingerprint density at radius 3 is 2.85 bits per heavy atom. The molecule has 0 N–H and O–H groups in total. The molecular weight excluding hydrogens is 275 g/mol. The highest BCUT2D eigenvalue weighted by Crippen LogP contribution is 2.35. The summed E-state index contributed by atoms with van der Waals surface area (Å²) in [5.74, 6) is 0.708. The van der Waals surface area contributed by atoms with Crippen molar-refractivity contribution >= 4 is 15.4 Å². The number of esters is 1. The molecule has 3 aliphatic rings. The lowest BCUT2D eigenvalue weighted by Gasteiger charge is -2.27. The fraction of sp³-hybridized carbons (Fsp3) is 0.800. The van der Waals surface area contributed by atoms with Gasteiger partial charge >= 0.3 is 5.97 Å². The molecule has 2 aliphatic heterocycles. The Balaban J connectivity index is 1.59. The molecule has 0 radical (unpaired) electrons. The van der Waals surface area contributed by atoms with E-state index in [2.05, 4.69) is 21.6 Å². The molecule has 2 heterocycles. The third-order valence-corrected chi connectivity index (χ3v) is 5.11. The highest BCUT2D eigenvalue weighted by molar-refractivity contribution is 7.09. The Hall–Kier alpha value is -0.440. The maximum absolute atomic E-state index is 11.3. The summed E-state index contributed by atoms with van der Waals surface area (Å²) >= 11 is 0. The Bertz CT molecular complexity index is 378. The second-order valence-electron chi connectivity index (χ2n) is 6.08. The minimum absolute atomic E-state index is 0.00214. The van der Waals surface area contributed by atoms with E-state index in [1.54, 1.807) is 0 Å². The van der Waals surface area contributed by atoms with Crippen LogP contribution >= 0.6 is 9.47 Å². The van der Waals surface area contributed by atoms with Gasteiger partial charge in [0, 0.05) is 15.4 Å². The summed E-state index contributed by atoms with van der Waals surface area (Å²) < 4.78 is 16.5. The monoisotopic (exact) mass is 298 g/mol. The number of hydrogen-bond donors (Lipinski definition) is 0. The van der Waals surface area contributed by atoms with Crippen LogP contribution in [0.4, 0.5) is 0 Å². The smallest absolute Gasteiger partial charge is 0.306 e. The average molecular weight is 298 g/mol. The van der Waals surface area contributed by atoms with Crippen molar-refractivity contribution in [3.8, 4) is 0 Å². The molecule has 20 heavy (non-hydrogen) atoms. The molecule has 1 saturated carbocycles. The summed E-state index contributed by atoms with van der Waals surface area (Å²) in [4.78, 5) is 11.3. The minimum Gasteiger partial charge on any atom is -0.459 e. The van der Waals surface area contributed by atoms with Gasteiger partial charge in [0.2, 0.25) is 0 Å². The molecule has 3 unspecified atom stereocenters. The van der Waals surface area contributed by atoms with Gasteiger partial charge in [0.1, 0.15) is 6.10 Å². The molecule has 0 aromatic carbocycles. The molecule has 2 saturated heterocycles. The van der Waals surface area contributed by atoms with E-state index in [0.29, 0.717) is 18.9 Å². The first kappa shape index (κ1) is 14.5. The number of rotatable bonds is 4. The van der Waals surface area contributed by atoms with Gasteiger partial charge in [0.15, 0.2) is 0 Å². The molecule has 0 spiro atoms. The van der Waals surface area contributed by atoms with Crippen molar-refractivity contribution in [2.75, 3.05) is 6.61 Å². The maximum Gasteiger partial charge on any atom is 0.306 e. The molecule has 0 bridgehead atoms. The van der Waals surface area contributed by atoms with Crippen molar-refractivity contribution in [3.05, 3.63) is 12.2 Å². The number of fused-ring (bicyclic) bond motifs is 1. The summed E-state index contributed by atoms with van der Waals surface area (Å²) in [6.45, 7) is 0.529. The number of ether oxygens (including phenoxy) is 2. The highest BCUT2D eigenvalue weighted by Gasteiger charge is 2.45. The normalized spacial score (nSPS) is 36.2. The van der Waals surface area contributed by atoms with Crippen LogP contribution in [-0.4, -0.2) is 30.9 Å². The Morgan fingerprint density at radius 2 is 2.10 bits per heavy atom. The molecule has 5 atom stereocenters. The van der Waals surface area contributed by atoms with E-state index in [0.717, 1.165) is 0 Å². The summed E-state index contributed by atoms with van der Waals surface area (Å²) in [6, 6.07) is 0. The first-order valence-electron chi connectivity index (χ1n) is 7.63. The topological polar surface area (TPSA) is 44.8 Å². The van der Waals surface area contributed by atoms with Gasteiger partial charge in [-0.3, -0.25) is 4.79 Å². The van der Waals surface area contributed by atoms with Gasteiger partial charge in [-0.15, -0.1) is 0 Å². The molecule has 0 aromatic rings. The second-order valence-corrected chi connectivity index (χ2v) is 6.35. The van der Waals surface area contributed by atoms with Gasteiger partial charge in [0.25, 0.3) is 0 Å². The van der Waals surface area contributed by atoms with Crippen molar-refractivity contribution in [2.45, 2.75) is 56.8 Å². The van der Waals surface area contributed by atoms with Gasteiger partial charge in [-0.25, -0.2) is 0 Å². The molecule has 3 fully saturated rings. The second kappa shape index (κ2) is 6.55. The number of carbonyl (C=O) groups is 1. The van der Waals surface area contributed by atoms with E-state index >= 15 is 0 Å². The summed E-state index contributed by atoms with van der Waals surface area (Å²) in [7, 11) is 2.39. The van der Waals surface area contributed by atoms with Gasteiger partial charge in [-0.2, -0.15) is 0 Å². The SMILES string of the molecule is O=C1C[C@H]2C(CO[C@@H]2/C=C/C(OP)C2CCCCC2)O1. The maximum atomic E-state index is 11.3. The zero-order chi connectivity index (χ0) is 13.9. The third-order valence-electron chi connectivity index (χ3n) is 4.80. The standard InChI is InChI=1S/C15H23O4P/c16-15-8-11-13(17-9-14(11)18-15)7-6-12(19-20)10-4-2-1-3-5-10/h6-7,10-14H,1-5,8-9,20H2/b7-6+/t11-,12?,13-,14?/m1/s1. The van der Waals surface area contributed by atoms with Gasteiger partial charge < -0.3 is 14.0 Å². The van der Waals surface area contributed by atoms with Gasteiger partial charge in [0.05, 0.1) is 25.2 Å². The highest BCUT2D eigenvalue weighted by atomic mass is 31.0. The number of hydrogen-bond acceptors (Lipinski definition) is 4.